The van der Waals surface area contributed by atoms with Gasteiger partial charge >= 0.3 is 6.03 Å². The van der Waals surface area contributed by atoms with Crippen molar-refractivity contribution in [2.24, 2.45) is 0 Å². The lowest BCUT2D eigenvalue weighted by Crippen LogP contribution is -2.54. The van der Waals surface area contributed by atoms with Gasteiger partial charge in [-0.3, -0.25) is 10.1 Å². The molecule has 4 aliphatic rings. The van der Waals surface area contributed by atoms with E-state index in [1.807, 2.05) is 6.07 Å². The van der Waals surface area contributed by atoms with Gasteiger partial charge in [0.25, 0.3) is 5.91 Å². The number of rotatable bonds is 2. The number of imide groups is 1. The predicted molar refractivity (Wildman–Crippen MR) is 95.8 cm³/mol. The topological polar surface area (TPSA) is 79.5 Å². The molecule has 1 aromatic carbocycles. The molecule has 1 saturated heterocycles. The van der Waals surface area contributed by atoms with Gasteiger partial charge in [0.05, 0.1) is 0 Å². The summed E-state index contributed by atoms with van der Waals surface area (Å²) in [4.78, 5) is 23.6. The van der Waals surface area contributed by atoms with Crippen LogP contribution in [0.2, 0.25) is 0 Å². The van der Waals surface area contributed by atoms with Gasteiger partial charge in [0.2, 0.25) is 0 Å². The Balaban J connectivity index is 1.30. The van der Waals surface area contributed by atoms with Crippen molar-refractivity contribution in [3.63, 3.8) is 0 Å². The van der Waals surface area contributed by atoms with E-state index in [1.165, 1.54) is 12.0 Å². The van der Waals surface area contributed by atoms with E-state index in [4.69, 9.17) is 4.74 Å². The third kappa shape index (κ3) is 2.50. The first-order valence-corrected chi connectivity index (χ1v) is 9.75. The van der Waals surface area contributed by atoms with Crippen LogP contribution in [-0.4, -0.2) is 29.1 Å². The van der Waals surface area contributed by atoms with Gasteiger partial charge in [0, 0.05) is 24.1 Å². The maximum Gasteiger partial charge on any atom is 0.322 e. The smallest absolute Gasteiger partial charge is 0.322 e. The second kappa shape index (κ2) is 5.71. The predicted octanol–water partition coefficient (Wildman–Crippen LogP) is 2.54. The molecule has 2 heterocycles. The number of fused-ring (bicyclic) bond motifs is 1. The maximum absolute atomic E-state index is 12.1. The van der Waals surface area contributed by atoms with E-state index in [0.717, 1.165) is 37.9 Å². The molecular weight excluding hydrogens is 330 g/mol. The summed E-state index contributed by atoms with van der Waals surface area (Å²) < 4.78 is 6.34. The van der Waals surface area contributed by atoms with Gasteiger partial charge in [-0.2, -0.15) is 0 Å². The molecule has 6 heteroatoms. The number of amides is 3. The van der Waals surface area contributed by atoms with Crippen molar-refractivity contribution in [2.75, 3.05) is 0 Å². The maximum atomic E-state index is 12.1. The highest BCUT2D eigenvalue weighted by Crippen LogP contribution is 2.49. The Morgan fingerprint density at radius 2 is 1.85 bits per heavy atom. The molecule has 5 rings (SSSR count). The van der Waals surface area contributed by atoms with E-state index < -0.39 is 5.54 Å². The van der Waals surface area contributed by atoms with Crippen LogP contribution in [-0.2, 0) is 4.79 Å². The van der Waals surface area contributed by atoms with Gasteiger partial charge in [-0.05, 0) is 51.0 Å². The van der Waals surface area contributed by atoms with E-state index in [9.17, 15) is 9.59 Å². The largest absolute Gasteiger partial charge is 0.487 e. The summed E-state index contributed by atoms with van der Waals surface area (Å²) in [6.07, 6.45) is 7.70. The highest BCUT2D eigenvalue weighted by molar-refractivity contribution is 6.07. The van der Waals surface area contributed by atoms with Crippen molar-refractivity contribution in [2.45, 2.75) is 74.6 Å². The van der Waals surface area contributed by atoms with E-state index >= 15 is 0 Å². The zero-order valence-corrected chi connectivity index (χ0v) is 14.8. The SMILES string of the molecule is O=C1NC(=O)C2(CCC(N[C@@H]3CC4(CCC4)Oc4ccccc43)CC2)N1. The molecule has 6 nitrogen and oxygen atoms in total. The summed E-state index contributed by atoms with van der Waals surface area (Å²) in [5.41, 5.74) is 0.580. The summed E-state index contributed by atoms with van der Waals surface area (Å²) in [6, 6.07) is 8.66. The minimum atomic E-state index is -0.682. The highest BCUT2D eigenvalue weighted by atomic mass is 16.5. The lowest BCUT2D eigenvalue weighted by Gasteiger charge is -2.49. The fourth-order valence-corrected chi connectivity index (χ4v) is 5.09. The van der Waals surface area contributed by atoms with Gasteiger partial charge in [0.1, 0.15) is 16.9 Å². The Hall–Kier alpha value is -2.08. The summed E-state index contributed by atoms with van der Waals surface area (Å²) in [5, 5.41) is 9.07. The van der Waals surface area contributed by atoms with Gasteiger partial charge in [-0.15, -0.1) is 0 Å². The van der Waals surface area contributed by atoms with Crippen LogP contribution in [0.4, 0.5) is 4.79 Å². The van der Waals surface area contributed by atoms with Gasteiger partial charge in [-0.25, -0.2) is 4.79 Å². The number of ether oxygens (including phenoxy) is 1. The average molecular weight is 355 g/mol. The van der Waals surface area contributed by atoms with Crippen LogP contribution in [0.3, 0.4) is 0 Å². The molecule has 2 aliphatic carbocycles. The van der Waals surface area contributed by atoms with Crippen molar-refractivity contribution in [3.8, 4) is 5.75 Å². The van der Waals surface area contributed by atoms with E-state index in [-0.39, 0.29) is 17.5 Å². The average Bonchev–Trinajstić information content (AvgIpc) is 2.89. The van der Waals surface area contributed by atoms with Crippen molar-refractivity contribution >= 4 is 11.9 Å². The van der Waals surface area contributed by atoms with Crippen LogP contribution < -0.4 is 20.7 Å². The van der Waals surface area contributed by atoms with Crippen LogP contribution >= 0.6 is 0 Å². The third-order valence-electron chi connectivity index (χ3n) is 6.75. The number of hydrogen-bond donors (Lipinski definition) is 3. The molecule has 26 heavy (non-hydrogen) atoms. The fourth-order valence-electron chi connectivity index (χ4n) is 5.09. The number of nitrogens with one attached hydrogen (secondary N) is 3. The van der Waals surface area contributed by atoms with Crippen molar-refractivity contribution in [3.05, 3.63) is 29.8 Å². The van der Waals surface area contributed by atoms with Crippen LogP contribution in [0.1, 0.15) is 63.0 Å². The number of carbonyl (C=O) groups is 2. The molecule has 1 aromatic rings. The van der Waals surface area contributed by atoms with Crippen LogP contribution in [0.15, 0.2) is 24.3 Å². The quantitative estimate of drug-likeness (QED) is 0.713. The first-order valence-electron chi connectivity index (χ1n) is 9.75. The molecule has 1 atom stereocenters. The zero-order chi connectivity index (χ0) is 17.8. The molecule has 2 spiro atoms. The number of benzene rings is 1. The lowest BCUT2D eigenvalue weighted by atomic mass is 9.72. The minimum Gasteiger partial charge on any atom is -0.487 e. The summed E-state index contributed by atoms with van der Waals surface area (Å²) in [6.45, 7) is 0. The number of para-hydroxylation sites is 1. The van der Waals surface area contributed by atoms with Gasteiger partial charge < -0.3 is 15.4 Å². The standard InChI is InChI=1S/C20H25N3O3/c24-17-20(23-18(25)22-17)10-6-13(7-11-20)21-15-12-19(8-3-9-19)26-16-5-2-1-4-14(15)16/h1-2,4-5,13,15,21H,3,6-12H2,(H2,22,23,24,25)/t13?,15-,20?/m1/s1. The molecular formula is C20H25N3O3. The third-order valence-corrected chi connectivity index (χ3v) is 6.75. The molecule has 0 unspecified atom stereocenters. The number of carbonyl (C=O) groups excluding carboxylic acids is 2. The van der Waals surface area contributed by atoms with Crippen molar-refractivity contribution in [1.29, 1.82) is 0 Å². The van der Waals surface area contributed by atoms with Gasteiger partial charge in [0.15, 0.2) is 0 Å². The van der Waals surface area contributed by atoms with Crippen LogP contribution in [0.5, 0.6) is 5.75 Å². The van der Waals surface area contributed by atoms with Crippen molar-refractivity contribution < 1.29 is 14.3 Å². The van der Waals surface area contributed by atoms with Gasteiger partial charge in [-0.1, -0.05) is 18.2 Å². The second-order valence-electron chi connectivity index (χ2n) is 8.36. The summed E-state index contributed by atoms with van der Waals surface area (Å²) in [5.74, 6) is 0.858. The normalized spacial score (nSPS) is 34.6. The lowest BCUT2D eigenvalue weighted by molar-refractivity contribution is -0.125. The Morgan fingerprint density at radius 3 is 2.50 bits per heavy atom. The Labute approximate surface area is 153 Å². The monoisotopic (exact) mass is 355 g/mol. The molecule has 0 aromatic heterocycles. The first kappa shape index (κ1) is 16.1. The Morgan fingerprint density at radius 1 is 1.08 bits per heavy atom. The summed E-state index contributed by atoms with van der Waals surface area (Å²) >= 11 is 0. The van der Waals surface area contributed by atoms with E-state index in [1.54, 1.807) is 0 Å². The van der Waals surface area contributed by atoms with Crippen LogP contribution in [0, 0.1) is 0 Å². The zero-order valence-electron chi connectivity index (χ0n) is 14.8. The first-order chi connectivity index (χ1) is 12.6. The molecule has 3 fully saturated rings. The van der Waals surface area contributed by atoms with E-state index in [0.29, 0.717) is 24.9 Å². The Kier molecular flexibility index (Phi) is 3.54. The Bertz CT molecular complexity index is 750. The molecule has 0 radical (unpaired) electrons. The van der Waals surface area contributed by atoms with Crippen LogP contribution in [0.25, 0.3) is 0 Å². The van der Waals surface area contributed by atoms with E-state index in [2.05, 4.69) is 34.1 Å². The number of urea groups is 1. The molecule has 2 aliphatic heterocycles. The molecule has 3 N–H and O–H groups in total. The van der Waals surface area contributed by atoms with Crippen molar-refractivity contribution in [1.82, 2.24) is 16.0 Å². The fraction of sp³-hybridized carbons (Fsp3) is 0.600. The number of hydrogen-bond acceptors (Lipinski definition) is 4. The summed E-state index contributed by atoms with van der Waals surface area (Å²) in [7, 11) is 0. The highest BCUT2D eigenvalue weighted by Gasteiger charge is 2.49. The molecule has 2 saturated carbocycles. The molecule has 0 bridgehead atoms. The molecule has 3 amide bonds. The minimum absolute atomic E-state index is 0.0151. The second-order valence-corrected chi connectivity index (χ2v) is 8.36. The molecule has 138 valence electrons.